The van der Waals surface area contributed by atoms with E-state index in [-0.39, 0.29) is 18.4 Å². The quantitative estimate of drug-likeness (QED) is 0.804. The second-order valence-electron chi connectivity index (χ2n) is 3.73. The first kappa shape index (κ1) is 12.8. The summed E-state index contributed by atoms with van der Waals surface area (Å²) in [5, 5.41) is 9.94. The van der Waals surface area contributed by atoms with Gasteiger partial charge in [-0.1, -0.05) is 13.8 Å². The standard InChI is InChI=1S/C12H14F2O2/c1-3-12(16,4-2)11(15)8-5-9(13)7-10(14)6-8/h5-7,16H,3-4H2,1-2H3. The highest BCUT2D eigenvalue weighted by atomic mass is 19.1. The third-order valence-electron chi connectivity index (χ3n) is 2.72. The summed E-state index contributed by atoms with van der Waals surface area (Å²) < 4.78 is 25.8. The number of halogens is 2. The Morgan fingerprint density at radius 1 is 1.19 bits per heavy atom. The Kier molecular flexibility index (Phi) is 3.75. The average Bonchev–Trinajstić information content (AvgIpc) is 2.25. The molecule has 0 aliphatic rings. The van der Waals surface area contributed by atoms with Crippen LogP contribution in [0.15, 0.2) is 18.2 Å². The predicted octanol–water partition coefficient (Wildman–Crippen LogP) is 2.70. The highest BCUT2D eigenvalue weighted by Crippen LogP contribution is 2.22. The van der Waals surface area contributed by atoms with Crippen LogP contribution < -0.4 is 0 Å². The second kappa shape index (κ2) is 4.70. The van der Waals surface area contributed by atoms with Crippen LogP contribution in [0.3, 0.4) is 0 Å². The van der Waals surface area contributed by atoms with Crippen molar-refractivity contribution in [3.05, 3.63) is 35.4 Å². The van der Waals surface area contributed by atoms with Gasteiger partial charge in [-0.05, 0) is 25.0 Å². The molecule has 0 aliphatic carbocycles. The normalized spacial score (nSPS) is 11.6. The molecule has 0 amide bonds. The third-order valence-corrected chi connectivity index (χ3v) is 2.72. The number of Topliss-reactive ketones (excluding diaryl/α,β-unsaturated/α-hetero) is 1. The summed E-state index contributed by atoms with van der Waals surface area (Å²) in [4.78, 5) is 11.8. The summed E-state index contributed by atoms with van der Waals surface area (Å²) in [6.45, 7) is 3.30. The van der Waals surface area contributed by atoms with Crippen LogP contribution in [-0.2, 0) is 0 Å². The van der Waals surface area contributed by atoms with Crippen LogP contribution in [-0.4, -0.2) is 16.5 Å². The zero-order valence-electron chi connectivity index (χ0n) is 9.26. The summed E-state index contributed by atoms with van der Waals surface area (Å²) >= 11 is 0. The molecular weight excluding hydrogens is 214 g/mol. The first-order valence-electron chi connectivity index (χ1n) is 5.16. The largest absolute Gasteiger partial charge is 0.382 e. The Balaban J connectivity index is 3.13. The first-order valence-corrected chi connectivity index (χ1v) is 5.16. The number of carbonyl (C=O) groups excluding carboxylic acids is 1. The van der Waals surface area contributed by atoms with Gasteiger partial charge in [-0.25, -0.2) is 8.78 Å². The molecule has 0 atom stereocenters. The summed E-state index contributed by atoms with van der Waals surface area (Å²) in [5.74, 6) is -2.29. The van der Waals surface area contributed by atoms with Crippen LogP contribution in [0.2, 0.25) is 0 Å². The van der Waals surface area contributed by atoms with Crippen LogP contribution in [0.25, 0.3) is 0 Å². The van der Waals surface area contributed by atoms with Gasteiger partial charge < -0.3 is 5.11 Å². The van der Waals surface area contributed by atoms with E-state index in [2.05, 4.69) is 0 Å². The van der Waals surface area contributed by atoms with Crippen molar-refractivity contribution in [3.63, 3.8) is 0 Å². The maximum atomic E-state index is 12.9. The Labute approximate surface area is 92.9 Å². The predicted molar refractivity (Wildman–Crippen MR) is 56.2 cm³/mol. The van der Waals surface area contributed by atoms with E-state index in [1.807, 2.05) is 0 Å². The minimum atomic E-state index is -1.54. The van der Waals surface area contributed by atoms with Crippen LogP contribution in [0.5, 0.6) is 0 Å². The molecule has 0 aliphatic heterocycles. The van der Waals surface area contributed by atoms with Gasteiger partial charge in [0.15, 0.2) is 5.78 Å². The van der Waals surface area contributed by atoms with Crippen molar-refractivity contribution in [2.75, 3.05) is 0 Å². The van der Waals surface area contributed by atoms with Gasteiger partial charge in [0.1, 0.15) is 17.2 Å². The SMILES string of the molecule is CCC(O)(CC)C(=O)c1cc(F)cc(F)c1. The minimum absolute atomic E-state index is 0.135. The van der Waals surface area contributed by atoms with Crippen molar-refractivity contribution in [2.24, 2.45) is 0 Å². The van der Waals surface area contributed by atoms with Gasteiger partial charge in [0, 0.05) is 11.6 Å². The average molecular weight is 228 g/mol. The topological polar surface area (TPSA) is 37.3 Å². The summed E-state index contributed by atoms with van der Waals surface area (Å²) in [6.07, 6.45) is 0.418. The van der Waals surface area contributed by atoms with E-state index < -0.39 is 23.0 Å². The Bertz CT molecular complexity index is 378. The molecule has 0 unspecified atom stereocenters. The molecule has 2 nitrogen and oxygen atoms in total. The van der Waals surface area contributed by atoms with Gasteiger partial charge in [0.05, 0.1) is 0 Å². The maximum Gasteiger partial charge on any atom is 0.194 e. The third kappa shape index (κ3) is 2.44. The molecule has 0 bridgehead atoms. The van der Waals surface area contributed by atoms with Crippen LogP contribution >= 0.6 is 0 Å². The minimum Gasteiger partial charge on any atom is -0.382 e. The first-order chi connectivity index (χ1) is 7.42. The molecule has 1 aromatic carbocycles. The van der Waals surface area contributed by atoms with E-state index in [4.69, 9.17) is 0 Å². The van der Waals surface area contributed by atoms with Gasteiger partial charge in [-0.2, -0.15) is 0 Å². The maximum absolute atomic E-state index is 12.9. The lowest BCUT2D eigenvalue weighted by Gasteiger charge is -2.23. The highest BCUT2D eigenvalue weighted by Gasteiger charge is 2.32. The number of aliphatic hydroxyl groups is 1. The lowest BCUT2D eigenvalue weighted by atomic mass is 9.88. The number of hydrogen-bond donors (Lipinski definition) is 1. The van der Waals surface area contributed by atoms with Crippen molar-refractivity contribution in [1.29, 1.82) is 0 Å². The monoisotopic (exact) mass is 228 g/mol. The number of ketones is 1. The van der Waals surface area contributed by atoms with Crippen molar-refractivity contribution in [3.8, 4) is 0 Å². The fourth-order valence-corrected chi connectivity index (χ4v) is 1.52. The molecule has 0 saturated heterocycles. The van der Waals surface area contributed by atoms with E-state index >= 15 is 0 Å². The molecule has 1 aromatic rings. The molecule has 0 heterocycles. The van der Waals surface area contributed by atoms with Crippen molar-refractivity contribution in [1.82, 2.24) is 0 Å². The molecule has 1 N–H and O–H groups in total. The zero-order valence-corrected chi connectivity index (χ0v) is 9.26. The van der Waals surface area contributed by atoms with E-state index in [9.17, 15) is 18.7 Å². The molecular formula is C12H14F2O2. The molecule has 88 valence electrons. The summed E-state index contributed by atoms with van der Waals surface area (Å²) in [7, 11) is 0. The van der Waals surface area contributed by atoms with Crippen molar-refractivity contribution >= 4 is 5.78 Å². The number of rotatable bonds is 4. The molecule has 4 heteroatoms. The van der Waals surface area contributed by atoms with Crippen LogP contribution in [0.1, 0.15) is 37.0 Å². The molecule has 0 spiro atoms. The van der Waals surface area contributed by atoms with E-state index in [1.165, 1.54) is 0 Å². The number of hydrogen-bond acceptors (Lipinski definition) is 2. The smallest absolute Gasteiger partial charge is 0.194 e. The number of benzene rings is 1. The van der Waals surface area contributed by atoms with Gasteiger partial charge >= 0.3 is 0 Å². The van der Waals surface area contributed by atoms with E-state index in [1.54, 1.807) is 13.8 Å². The van der Waals surface area contributed by atoms with Crippen LogP contribution in [0.4, 0.5) is 8.78 Å². The summed E-state index contributed by atoms with van der Waals surface area (Å²) in [5.41, 5.74) is -1.68. The number of carbonyl (C=O) groups is 1. The molecule has 16 heavy (non-hydrogen) atoms. The summed E-state index contributed by atoms with van der Waals surface area (Å²) in [6, 6.07) is 2.55. The molecule has 1 rings (SSSR count). The van der Waals surface area contributed by atoms with Crippen LogP contribution in [0, 0.1) is 11.6 Å². The van der Waals surface area contributed by atoms with Crippen molar-refractivity contribution in [2.45, 2.75) is 32.3 Å². The Hall–Kier alpha value is -1.29. The fourth-order valence-electron chi connectivity index (χ4n) is 1.52. The van der Waals surface area contributed by atoms with E-state index in [0.29, 0.717) is 6.07 Å². The van der Waals surface area contributed by atoms with Gasteiger partial charge in [-0.15, -0.1) is 0 Å². The second-order valence-corrected chi connectivity index (χ2v) is 3.73. The Morgan fingerprint density at radius 2 is 1.62 bits per heavy atom. The molecule has 0 aromatic heterocycles. The lowest BCUT2D eigenvalue weighted by Crippen LogP contribution is -2.37. The van der Waals surface area contributed by atoms with Gasteiger partial charge in [-0.3, -0.25) is 4.79 Å². The lowest BCUT2D eigenvalue weighted by molar-refractivity contribution is 0.0277. The van der Waals surface area contributed by atoms with Gasteiger partial charge in [0.2, 0.25) is 0 Å². The molecule has 0 fully saturated rings. The fraction of sp³-hybridized carbons (Fsp3) is 0.417. The van der Waals surface area contributed by atoms with Crippen molar-refractivity contribution < 1.29 is 18.7 Å². The zero-order chi connectivity index (χ0) is 12.3. The molecule has 0 saturated carbocycles. The molecule has 0 radical (unpaired) electrons. The highest BCUT2D eigenvalue weighted by molar-refractivity contribution is 6.02. The Morgan fingerprint density at radius 3 is 2.00 bits per heavy atom. The van der Waals surface area contributed by atoms with Gasteiger partial charge in [0.25, 0.3) is 0 Å². The van der Waals surface area contributed by atoms with E-state index in [0.717, 1.165) is 12.1 Å².